The Morgan fingerprint density at radius 3 is 2.76 bits per heavy atom. The van der Waals surface area contributed by atoms with Crippen molar-refractivity contribution in [3.8, 4) is 0 Å². The van der Waals surface area contributed by atoms with Crippen molar-refractivity contribution in [2.24, 2.45) is 5.92 Å². The van der Waals surface area contributed by atoms with E-state index in [2.05, 4.69) is 34.5 Å². The minimum atomic E-state index is -0.104. The number of hydrogen-bond donors (Lipinski definition) is 0. The standard InChI is InChI=1S/C16H27N3O2/c1-4-21-15(20)12-18-8-5-14(6-9-18)11-19-10-7-17-16(19)13(2)3/h7,10,13-14H,4-6,8-9,11-12H2,1-3H3. The molecular weight excluding hydrogens is 266 g/mol. The number of piperidine rings is 1. The number of esters is 1. The van der Waals surface area contributed by atoms with Gasteiger partial charge in [-0.2, -0.15) is 0 Å². The zero-order valence-corrected chi connectivity index (χ0v) is 13.4. The Hall–Kier alpha value is -1.36. The maximum Gasteiger partial charge on any atom is 0.320 e. The normalized spacial score (nSPS) is 17.3. The second-order valence-electron chi connectivity index (χ2n) is 6.12. The topological polar surface area (TPSA) is 47.4 Å². The Morgan fingerprint density at radius 1 is 1.43 bits per heavy atom. The lowest BCUT2D eigenvalue weighted by Gasteiger charge is -2.31. The Labute approximate surface area is 127 Å². The molecule has 0 N–H and O–H groups in total. The molecule has 21 heavy (non-hydrogen) atoms. The predicted octanol–water partition coefficient (Wildman–Crippen LogP) is 2.28. The van der Waals surface area contributed by atoms with Crippen LogP contribution in [0.3, 0.4) is 0 Å². The lowest BCUT2D eigenvalue weighted by atomic mass is 9.96. The molecule has 0 bridgehead atoms. The maximum absolute atomic E-state index is 11.5. The van der Waals surface area contributed by atoms with Crippen LogP contribution in [0.4, 0.5) is 0 Å². The van der Waals surface area contributed by atoms with E-state index in [1.54, 1.807) is 0 Å². The van der Waals surface area contributed by atoms with Gasteiger partial charge in [0.15, 0.2) is 0 Å². The van der Waals surface area contributed by atoms with Crippen LogP contribution >= 0.6 is 0 Å². The first kappa shape index (κ1) is 16.0. The fourth-order valence-electron chi connectivity index (χ4n) is 2.97. The molecule has 118 valence electrons. The third-order valence-electron chi connectivity index (χ3n) is 4.08. The van der Waals surface area contributed by atoms with Gasteiger partial charge in [-0.1, -0.05) is 13.8 Å². The molecule has 1 aliphatic rings. The zero-order chi connectivity index (χ0) is 15.2. The molecule has 0 spiro atoms. The molecule has 0 atom stereocenters. The van der Waals surface area contributed by atoms with Crippen molar-refractivity contribution in [2.75, 3.05) is 26.2 Å². The van der Waals surface area contributed by atoms with Gasteiger partial charge in [0.25, 0.3) is 0 Å². The fourth-order valence-corrected chi connectivity index (χ4v) is 2.97. The number of nitrogens with zero attached hydrogens (tertiary/aromatic N) is 3. The van der Waals surface area contributed by atoms with E-state index in [0.29, 0.717) is 25.0 Å². The van der Waals surface area contributed by atoms with Crippen molar-refractivity contribution in [1.29, 1.82) is 0 Å². The van der Waals surface area contributed by atoms with Crippen LogP contribution in [-0.4, -0.2) is 46.7 Å². The predicted molar refractivity (Wildman–Crippen MR) is 82.1 cm³/mol. The molecular formula is C16H27N3O2. The van der Waals surface area contributed by atoms with Crippen LogP contribution in [0.1, 0.15) is 45.4 Å². The quantitative estimate of drug-likeness (QED) is 0.755. The van der Waals surface area contributed by atoms with Crippen molar-refractivity contribution >= 4 is 5.97 Å². The minimum absolute atomic E-state index is 0.104. The van der Waals surface area contributed by atoms with Crippen LogP contribution in [0.5, 0.6) is 0 Å². The molecule has 0 unspecified atom stereocenters. The van der Waals surface area contributed by atoms with Crippen LogP contribution in [0.15, 0.2) is 12.4 Å². The van der Waals surface area contributed by atoms with Gasteiger partial charge in [0, 0.05) is 24.9 Å². The molecule has 1 aliphatic heterocycles. The monoisotopic (exact) mass is 293 g/mol. The Kier molecular flexibility index (Phi) is 5.79. The van der Waals surface area contributed by atoms with Crippen molar-refractivity contribution in [2.45, 2.75) is 46.1 Å². The SMILES string of the molecule is CCOC(=O)CN1CCC(Cn2ccnc2C(C)C)CC1. The number of carbonyl (C=O) groups is 1. The summed E-state index contributed by atoms with van der Waals surface area (Å²) in [6.07, 6.45) is 6.25. The summed E-state index contributed by atoms with van der Waals surface area (Å²) in [6, 6.07) is 0. The Morgan fingerprint density at radius 2 is 2.14 bits per heavy atom. The van der Waals surface area contributed by atoms with Crippen molar-refractivity contribution in [1.82, 2.24) is 14.5 Å². The van der Waals surface area contributed by atoms with Gasteiger partial charge in [0.05, 0.1) is 13.2 Å². The van der Waals surface area contributed by atoms with E-state index in [1.807, 2.05) is 13.1 Å². The van der Waals surface area contributed by atoms with E-state index < -0.39 is 0 Å². The molecule has 1 aromatic rings. The fraction of sp³-hybridized carbons (Fsp3) is 0.750. The van der Waals surface area contributed by atoms with E-state index >= 15 is 0 Å². The molecule has 1 fully saturated rings. The lowest BCUT2D eigenvalue weighted by Crippen LogP contribution is -2.38. The first-order valence-electron chi connectivity index (χ1n) is 7.99. The average Bonchev–Trinajstić information content (AvgIpc) is 2.89. The molecule has 0 aromatic carbocycles. The minimum Gasteiger partial charge on any atom is -0.465 e. The number of imidazole rings is 1. The van der Waals surface area contributed by atoms with Crippen LogP contribution in [0, 0.1) is 5.92 Å². The molecule has 0 amide bonds. The molecule has 0 saturated carbocycles. The molecule has 5 nitrogen and oxygen atoms in total. The highest BCUT2D eigenvalue weighted by Crippen LogP contribution is 2.21. The number of rotatable bonds is 6. The van der Waals surface area contributed by atoms with Gasteiger partial charge in [0.1, 0.15) is 5.82 Å². The second kappa shape index (κ2) is 7.59. The van der Waals surface area contributed by atoms with Gasteiger partial charge >= 0.3 is 5.97 Å². The zero-order valence-electron chi connectivity index (χ0n) is 13.4. The van der Waals surface area contributed by atoms with E-state index in [1.165, 1.54) is 5.82 Å². The van der Waals surface area contributed by atoms with Gasteiger partial charge in [-0.05, 0) is 38.8 Å². The maximum atomic E-state index is 11.5. The third kappa shape index (κ3) is 4.56. The van der Waals surface area contributed by atoms with E-state index in [9.17, 15) is 4.79 Å². The van der Waals surface area contributed by atoms with E-state index in [4.69, 9.17) is 4.74 Å². The molecule has 0 radical (unpaired) electrons. The first-order chi connectivity index (χ1) is 10.1. The molecule has 5 heteroatoms. The molecule has 2 rings (SSSR count). The van der Waals surface area contributed by atoms with Crippen LogP contribution in [0.25, 0.3) is 0 Å². The first-order valence-corrected chi connectivity index (χ1v) is 7.99. The van der Waals surface area contributed by atoms with Gasteiger partial charge in [0.2, 0.25) is 0 Å². The van der Waals surface area contributed by atoms with Crippen LogP contribution < -0.4 is 0 Å². The van der Waals surface area contributed by atoms with Crippen molar-refractivity contribution in [3.63, 3.8) is 0 Å². The largest absolute Gasteiger partial charge is 0.465 e. The number of ether oxygens (including phenoxy) is 1. The number of aromatic nitrogens is 2. The van der Waals surface area contributed by atoms with Gasteiger partial charge < -0.3 is 9.30 Å². The highest BCUT2D eigenvalue weighted by molar-refractivity contribution is 5.71. The molecule has 0 aliphatic carbocycles. The van der Waals surface area contributed by atoms with Gasteiger partial charge in [-0.15, -0.1) is 0 Å². The van der Waals surface area contributed by atoms with E-state index in [-0.39, 0.29) is 5.97 Å². The smallest absolute Gasteiger partial charge is 0.320 e. The Balaban J connectivity index is 1.79. The number of likely N-dealkylation sites (tertiary alicyclic amines) is 1. The van der Waals surface area contributed by atoms with Crippen LogP contribution in [-0.2, 0) is 16.1 Å². The summed E-state index contributed by atoms with van der Waals surface area (Å²) in [5.41, 5.74) is 0. The summed E-state index contributed by atoms with van der Waals surface area (Å²) < 4.78 is 7.29. The second-order valence-corrected chi connectivity index (χ2v) is 6.12. The Bertz CT molecular complexity index is 448. The highest BCUT2D eigenvalue weighted by Gasteiger charge is 2.22. The highest BCUT2D eigenvalue weighted by atomic mass is 16.5. The van der Waals surface area contributed by atoms with Crippen molar-refractivity contribution in [3.05, 3.63) is 18.2 Å². The molecule has 1 aromatic heterocycles. The summed E-state index contributed by atoms with van der Waals surface area (Å²) in [4.78, 5) is 18.1. The van der Waals surface area contributed by atoms with Gasteiger partial charge in [-0.25, -0.2) is 4.98 Å². The summed E-state index contributed by atoms with van der Waals surface area (Å²) in [5.74, 6) is 2.20. The molecule has 1 saturated heterocycles. The third-order valence-corrected chi connectivity index (χ3v) is 4.08. The van der Waals surface area contributed by atoms with Crippen molar-refractivity contribution < 1.29 is 9.53 Å². The van der Waals surface area contributed by atoms with Crippen LogP contribution in [0.2, 0.25) is 0 Å². The summed E-state index contributed by atoms with van der Waals surface area (Å²) in [7, 11) is 0. The summed E-state index contributed by atoms with van der Waals surface area (Å²) in [5, 5.41) is 0. The summed E-state index contributed by atoms with van der Waals surface area (Å²) in [6.45, 7) is 10.1. The lowest BCUT2D eigenvalue weighted by molar-refractivity contribution is -0.144. The average molecular weight is 293 g/mol. The van der Waals surface area contributed by atoms with E-state index in [0.717, 1.165) is 32.5 Å². The number of carbonyl (C=O) groups excluding carboxylic acids is 1. The number of hydrogen-bond acceptors (Lipinski definition) is 4. The molecule has 2 heterocycles. The van der Waals surface area contributed by atoms with Gasteiger partial charge in [-0.3, -0.25) is 9.69 Å². The summed E-state index contributed by atoms with van der Waals surface area (Å²) >= 11 is 0.